The van der Waals surface area contributed by atoms with E-state index in [9.17, 15) is 80.6 Å². The van der Waals surface area contributed by atoms with Crippen LogP contribution >= 0.6 is 0 Å². The second-order valence-corrected chi connectivity index (χ2v) is 30.4. The second kappa shape index (κ2) is 42.1. The normalized spacial score (nSPS) is 13.2. The topological polar surface area (TPSA) is 523 Å². The predicted molar refractivity (Wildman–Crippen MR) is 378 cm³/mol. The first-order chi connectivity index (χ1) is 49.8. The number of hydrogen-bond donors (Lipinski definition) is 10. The standard InChI is InChI=1S/C65H86N14O22S4/c1-65(2,27-13-15-33-101-58-39-50(47-20-8-4-9-21-47)38-51(70-58)48-22-10-5-11-23-48)64-76-77-78-79(64)30-14-12-24-57(80)66-28-16-31-98-34-36-100-37-35-99-32-17-29-67-60(82)52(42-102(86,87)88)72-62(84)54(44-104(92,93)94)74-63(85)55(45-105(95,96)97)73-61(83)53(43-103(89,90)91)71-59(81)49-25-26-56(68-41-49)75-69-40-46-18-6-3-7-19-46/h3-11,18-23,25-26,38-39,41,52-55H,12-17,24,27-37,40,42-45H2,1-2H3,(H,66,80)(H,67,82)(H,71,81)(H,72,84)(H,73,83)(H,74,85)(H,86,87,88)(H,89,90,91)(H,92,93,94)(H,95,96,97)/t52-,53-,54-,55-/m0/s1. The number of pyridine rings is 2. The molecule has 0 fully saturated rings. The molecule has 0 radical (unpaired) electrons. The van der Waals surface area contributed by atoms with Gasteiger partial charge in [-0.05, 0) is 90.3 Å². The highest BCUT2D eigenvalue weighted by atomic mass is 32.2. The minimum atomic E-state index is -5.36. The van der Waals surface area contributed by atoms with Crippen molar-refractivity contribution < 1.29 is 99.6 Å². The van der Waals surface area contributed by atoms with Crippen molar-refractivity contribution in [2.75, 3.05) is 82.3 Å². The van der Waals surface area contributed by atoms with Gasteiger partial charge in [-0.3, -0.25) is 47.0 Å². The average Bonchev–Trinajstić information content (AvgIpc) is 1.43. The van der Waals surface area contributed by atoms with Crippen molar-refractivity contribution in [3.05, 3.63) is 138 Å². The number of carbonyl (C=O) groups is 6. The summed E-state index contributed by atoms with van der Waals surface area (Å²) >= 11 is 0. The van der Waals surface area contributed by atoms with Crippen LogP contribution in [0.25, 0.3) is 22.4 Å². The van der Waals surface area contributed by atoms with E-state index in [1.807, 2.05) is 59.9 Å². The third-order valence-electron chi connectivity index (χ3n) is 15.2. The van der Waals surface area contributed by atoms with Gasteiger partial charge in [0.25, 0.3) is 46.4 Å². The highest BCUT2D eigenvalue weighted by molar-refractivity contribution is 7.86. The lowest BCUT2D eigenvalue weighted by molar-refractivity contribution is -0.133. The van der Waals surface area contributed by atoms with E-state index in [-0.39, 0.29) is 75.2 Å². The van der Waals surface area contributed by atoms with E-state index in [4.69, 9.17) is 23.9 Å². The van der Waals surface area contributed by atoms with Crippen molar-refractivity contribution in [2.45, 2.75) is 108 Å². The van der Waals surface area contributed by atoms with E-state index in [1.54, 1.807) is 51.0 Å². The van der Waals surface area contributed by atoms with Gasteiger partial charge in [0, 0.05) is 62.5 Å². The molecule has 0 aliphatic rings. The maximum Gasteiger partial charge on any atom is 0.267 e. The molecular weight excluding hydrogens is 1460 g/mol. The van der Waals surface area contributed by atoms with Gasteiger partial charge in [-0.25, -0.2) is 14.6 Å². The molecule has 6 amide bonds. The minimum absolute atomic E-state index is 0.00291. The van der Waals surface area contributed by atoms with E-state index in [0.717, 1.165) is 65.3 Å². The maximum absolute atomic E-state index is 13.6. The molecule has 0 bridgehead atoms. The molecule has 0 spiro atoms. The summed E-state index contributed by atoms with van der Waals surface area (Å²) in [7, 11) is -21.1. The highest BCUT2D eigenvalue weighted by Gasteiger charge is 2.37. The van der Waals surface area contributed by atoms with Crippen LogP contribution in [0, 0.1) is 0 Å². The predicted octanol–water partition coefficient (Wildman–Crippen LogP) is 2.64. The Bertz CT molecular complexity index is 4240. The Morgan fingerprint density at radius 2 is 1.04 bits per heavy atom. The fourth-order valence-corrected chi connectivity index (χ4v) is 12.6. The van der Waals surface area contributed by atoms with Crippen LogP contribution in [0.4, 0.5) is 5.82 Å². The molecule has 572 valence electrons. The monoisotopic (exact) mass is 1540 g/mol. The third-order valence-corrected chi connectivity index (χ3v) is 18.2. The molecule has 0 saturated heterocycles. The van der Waals surface area contributed by atoms with Gasteiger partial charge in [-0.1, -0.05) is 105 Å². The van der Waals surface area contributed by atoms with Gasteiger partial charge in [0.1, 0.15) is 47.2 Å². The fraction of sp³-hybridized carbons (Fsp3) is 0.462. The van der Waals surface area contributed by atoms with Crippen LogP contribution in [0.15, 0.2) is 132 Å². The zero-order chi connectivity index (χ0) is 76.5. The van der Waals surface area contributed by atoms with Crippen molar-refractivity contribution in [3.8, 4) is 28.3 Å². The zero-order valence-corrected chi connectivity index (χ0v) is 60.7. The number of carbonyl (C=O) groups excluding carboxylic acids is 6. The van der Waals surface area contributed by atoms with Crippen LogP contribution in [0.3, 0.4) is 0 Å². The Balaban J connectivity index is 0.836. The molecule has 105 heavy (non-hydrogen) atoms. The number of azo groups is 1. The minimum Gasteiger partial charge on any atom is -0.478 e. The lowest BCUT2D eigenvalue weighted by Crippen LogP contribution is -2.61. The van der Waals surface area contributed by atoms with Gasteiger partial charge in [-0.2, -0.15) is 38.8 Å². The second-order valence-electron chi connectivity index (χ2n) is 24.4. The Morgan fingerprint density at radius 3 is 1.57 bits per heavy atom. The van der Waals surface area contributed by atoms with Crippen LogP contribution in [-0.2, 0) is 97.2 Å². The van der Waals surface area contributed by atoms with E-state index in [2.05, 4.69) is 73.4 Å². The SMILES string of the molecule is CC(C)(CCCCOc1cc(-c2ccccc2)cc(-c2ccccc2)n1)c1nnnn1CCCCC(=O)NCCCOCCOCCOCCCNC(=O)[C@H](CS(=O)(=O)O)NC(=O)[C@H](CS(=O)(=O)O)NC(=O)[C@H](CS(=O)(=O)O)NC(=O)[C@H](CS(=O)(=O)O)NC(=O)c1ccc(N=NCc2ccccc2)nc1. The van der Waals surface area contributed by atoms with E-state index in [1.165, 1.54) is 6.07 Å². The molecule has 3 aromatic heterocycles. The highest BCUT2D eigenvalue weighted by Crippen LogP contribution is 2.30. The third kappa shape index (κ3) is 33.2. The molecule has 0 saturated carbocycles. The maximum atomic E-state index is 13.6. The number of amides is 6. The molecule has 0 aliphatic carbocycles. The van der Waals surface area contributed by atoms with Crippen LogP contribution < -0.4 is 36.6 Å². The van der Waals surface area contributed by atoms with Gasteiger partial charge in [0.2, 0.25) is 35.4 Å². The summed E-state index contributed by atoms with van der Waals surface area (Å²) in [5, 5.41) is 32.7. The van der Waals surface area contributed by atoms with Crippen LogP contribution in [0.1, 0.15) is 87.0 Å². The first-order valence-corrected chi connectivity index (χ1v) is 39.4. The first-order valence-electron chi connectivity index (χ1n) is 33.0. The number of nitrogens with one attached hydrogen (secondary N) is 6. The molecule has 3 heterocycles. The summed E-state index contributed by atoms with van der Waals surface area (Å²) in [5.41, 5.74) is 4.10. The molecular formula is C65H86N14O22S4. The number of benzene rings is 3. The average molecular weight is 1540 g/mol. The Morgan fingerprint density at radius 1 is 0.533 bits per heavy atom. The molecule has 0 unspecified atom stereocenters. The van der Waals surface area contributed by atoms with Crippen molar-refractivity contribution in [1.29, 1.82) is 0 Å². The molecule has 6 aromatic rings. The van der Waals surface area contributed by atoms with Gasteiger partial charge in [0.15, 0.2) is 11.6 Å². The number of aryl methyl sites for hydroxylation is 1. The van der Waals surface area contributed by atoms with Crippen molar-refractivity contribution in [3.63, 3.8) is 0 Å². The van der Waals surface area contributed by atoms with Gasteiger partial charge >= 0.3 is 0 Å². The zero-order valence-electron chi connectivity index (χ0n) is 57.5. The van der Waals surface area contributed by atoms with Gasteiger partial charge in [0.05, 0.1) is 50.8 Å². The molecule has 3 aromatic carbocycles. The van der Waals surface area contributed by atoms with Crippen LogP contribution in [0.2, 0.25) is 0 Å². The van der Waals surface area contributed by atoms with E-state index < -0.39 is 117 Å². The van der Waals surface area contributed by atoms with Crippen LogP contribution in [0.5, 0.6) is 5.88 Å². The number of tetrazole rings is 1. The van der Waals surface area contributed by atoms with Gasteiger partial charge < -0.3 is 50.8 Å². The number of rotatable bonds is 48. The summed E-state index contributed by atoms with van der Waals surface area (Å²) in [6.45, 7) is 6.63. The molecule has 6 rings (SSSR count). The fourth-order valence-electron chi connectivity index (χ4n) is 10.0. The molecule has 36 nitrogen and oxygen atoms in total. The number of aromatic nitrogens is 6. The lowest BCUT2D eigenvalue weighted by atomic mass is 9.86. The number of ether oxygens (including phenoxy) is 4. The largest absolute Gasteiger partial charge is 0.478 e. The van der Waals surface area contributed by atoms with Crippen molar-refractivity contribution in [2.24, 2.45) is 10.2 Å². The first kappa shape index (κ1) is 84.7. The van der Waals surface area contributed by atoms with Gasteiger partial charge in [-0.15, -0.1) is 10.2 Å². The molecule has 0 aliphatic heterocycles. The van der Waals surface area contributed by atoms with Crippen molar-refractivity contribution in [1.82, 2.24) is 62.1 Å². The lowest BCUT2D eigenvalue weighted by Gasteiger charge is -2.25. The summed E-state index contributed by atoms with van der Waals surface area (Å²) in [4.78, 5) is 88.2. The Labute approximate surface area is 607 Å². The Hall–Kier alpha value is -9.23. The summed E-state index contributed by atoms with van der Waals surface area (Å²) in [5.74, 6) is -13.4. The van der Waals surface area contributed by atoms with Crippen molar-refractivity contribution >= 4 is 81.7 Å². The summed E-state index contributed by atoms with van der Waals surface area (Å²) in [6, 6.07) is 25.6. The van der Waals surface area contributed by atoms with E-state index >= 15 is 0 Å². The molecule has 10 N–H and O–H groups in total. The van der Waals surface area contributed by atoms with Crippen LogP contribution in [-0.4, -0.2) is 224 Å². The number of hydrogen-bond acceptors (Lipinski definition) is 25. The summed E-state index contributed by atoms with van der Waals surface area (Å²) in [6.07, 6.45) is 5.69. The number of unbranched alkanes of at least 4 members (excludes halogenated alkanes) is 2. The Kier molecular flexibility index (Phi) is 33.9. The molecule has 40 heteroatoms. The summed E-state index contributed by atoms with van der Waals surface area (Å²) < 4.78 is 159. The van der Waals surface area contributed by atoms with E-state index in [0.29, 0.717) is 57.9 Å². The molecule has 4 atom stereocenters. The smallest absolute Gasteiger partial charge is 0.267 e. The number of nitrogens with zero attached hydrogens (tertiary/aromatic N) is 8. The quantitative estimate of drug-likeness (QED) is 0.0149.